The number of anilines is 1. The minimum absolute atomic E-state index is 0.322. The van der Waals surface area contributed by atoms with Crippen LogP contribution in [0.25, 0.3) is 21.3 Å². The summed E-state index contributed by atoms with van der Waals surface area (Å²) in [4.78, 5) is 13.7. The molecule has 1 aromatic carbocycles. The molecule has 0 radical (unpaired) electrons. The van der Waals surface area contributed by atoms with E-state index in [1.54, 1.807) is 11.3 Å². The molecule has 0 N–H and O–H groups in total. The molecule has 2 aromatic heterocycles. The number of aromatic nitrogens is 2. The van der Waals surface area contributed by atoms with Gasteiger partial charge in [0.1, 0.15) is 10.6 Å². The number of morpholine rings is 1. The minimum Gasteiger partial charge on any atom is -0.378 e. The SMILES string of the molecule is Cc1sc2nc(Cl)nc(N3CCOCC3)c2c1-c1ccc2c(c1)CCCC2. The van der Waals surface area contributed by atoms with Crippen molar-refractivity contribution >= 4 is 39.0 Å². The van der Waals surface area contributed by atoms with Crippen LogP contribution in [0.4, 0.5) is 5.82 Å². The molecule has 1 saturated heterocycles. The number of thiophene rings is 1. The van der Waals surface area contributed by atoms with Gasteiger partial charge in [-0.2, -0.15) is 4.98 Å². The number of aryl methyl sites for hydroxylation is 3. The first-order valence-corrected chi connectivity index (χ1v) is 10.8. The Labute approximate surface area is 168 Å². The number of rotatable bonds is 2. The van der Waals surface area contributed by atoms with Gasteiger partial charge in [-0.05, 0) is 60.9 Å². The molecule has 0 amide bonds. The van der Waals surface area contributed by atoms with Crippen LogP contribution in [-0.2, 0) is 17.6 Å². The molecule has 1 aliphatic heterocycles. The van der Waals surface area contributed by atoms with Crippen LogP contribution in [0.2, 0.25) is 5.28 Å². The summed E-state index contributed by atoms with van der Waals surface area (Å²) < 4.78 is 5.53. The zero-order valence-corrected chi connectivity index (χ0v) is 17.0. The first-order valence-electron chi connectivity index (χ1n) is 9.62. The number of hydrogen-bond donors (Lipinski definition) is 0. The predicted molar refractivity (Wildman–Crippen MR) is 112 cm³/mol. The maximum atomic E-state index is 6.27. The van der Waals surface area contributed by atoms with E-state index in [2.05, 4.69) is 40.0 Å². The lowest BCUT2D eigenvalue weighted by atomic mass is 9.89. The molecular formula is C21H22ClN3OS. The maximum absolute atomic E-state index is 6.27. The van der Waals surface area contributed by atoms with Crippen LogP contribution >= 0.6 is 22.9 Å². The van der Waals surface area contributed by atoms with Crippen molar-refractivity contribution in [2.75, 3.05) is 31.2 Å². The van der Waals surface area contributed by atoms with E-state index in [9.17, 15) is 0 Å². The molecule has 0 saturated carbocycles. The van der Waals surface area contributed by atoms with Crippen LogP contribution in [0, 0.1) is 6.92 Å². The number of hydrogen-bond acceptors (Lipinski definition) is 5. The average molecular weight is 400 g/mol. The smallest absolute Gasteiger partial charge is 0.225 e. The summed E-state index contributed by atoms with van der Waals surface area (Å²) in [5.74, 6) is 0.949. The normalized spacial score (nSPS) is 17.3. The topological polar surface area (TPSA) is 38.2 Å². The fourth-order valence-electron chi connectivity index (χ4n) is 4.31. The van der Waals surface area contributed by atoms with Gasteiger partial charge in [-0.3, -0.25) is 0 Å². The van der Waals surface area contributed by atoms with Crippen molar-refractivity contribution in [2.45, 2.75) is 32.6 Å². The van der Waals surface area contributed by atoms with Crippen LogP contribution < -0.4 is 4.90 Å². The fraction of sp³-hybridized carbons (Fsp3) is 0.429. The molecule has 1 fully saturated rings. The molecule has 3 aromatic rings. The van der Waals surface area contributed by atoms with Gasteiger partial charge in [0.05, 0.1) is 18.6 Å². The molecule has 0 unspecified atom stereocenters. The molecule has 0 atom stereocenters. The van der Waals surface area contributed by atoms with Crippen LogP contribution in [-0.4, -0.2) is 36.3 Å². The lowest BCUT2D eigenvalue weighted by Gasteiger charge is -2.28. The standard InChI is InChI=1S/C21H22ClN3OS/c1-13-17(16-7-6-14-4-2-3-5-15(14)12-16)18-19(25-8-10-26-11-9-25)23-21(22)24-20(18)27-13/h6-7,12H,2-5,8-11H2,1H3. The molecule has 6 heteroatoms. The first-order chi connectivity index (χ1) is 13.2. The van der Waals surface area contributed by atoms with Gasteiger partial charge in [0.15, 0.2) is 0 Å². The van der Waals surface area contributed by atoms with E-state index < -0.39 is 0 Å². The third-order valence-corrected chi connectivity index (χ3v) is 6.80. The number of fused-ring (bicyclic) bond motifs is 2. The summed E-state index contributed by atoms with van der Waals surface area (Å²) in [6, 6.07) is 6.98. The van der Waals surface area contributed by atoms with Crippen molar-refractivity contribution in [3.63, 3.8) is 0 Å². The Balaban J connectivity index is 1.71. The monoisotopic (exact) mass is 399 g/mol. The molecule has 1 aliphatic carbocycles. The molecule has 3 heterocycles. The van der Waals surface area contributed by atoms with Gasteiger partial charge >= 0.3 is 0 Å². The maximum Gasteiger partial charge on any atom is 0.225 e. The Morgan fingerprint density at radius 1 is 1.07 bits per heavy atom. The lowest BCUT2D eigenvalue weighted by molar-refractivity contribution is 0.122. The number of halogens is 1. The Kier molecular flexibility index (Phi) is 4.54. The summed E-state index contributed by atoms with van der Waals surface area (Å²) in [6.45, 7) is 5.29. The number of ether oxygens (including phenoxy) is 1. The van der Waals surface area contributed by atoms with Crippen LogP contribution in [0.3, 0.4) is 0 Å². The Bertz CT molecular complexity index is 1010. The third kappa shape index (κ3) is 3.12. The summed E-state index contributed by atoms with van der Waals surface area (Å²) >= 11 is 7.98. The Morgan fingerprint density at radius 2 is 1.85 bits per heavy atom. The largest absolute Gasteiger partial charge is 0.378 e. The third-order valence-electron chi connectivity index (χ3n) is 5.63. The highest BCUT2D eigenvalue weighted by atomic mass is 35.5. The predicted octanol–water partition coefficient (Wildman–Crippen LogP) is 5.04. The summed E-state index contributed by atoms with van der Waals surface area (Å²) in [7, 11) is 0. The van der Waals surface area contributed by atoms with E-state index >= 15 is 0 Å². The zero-order valence-electron chi connectivity index (χ0n) is 15.4. The Hall–Kier alpha value is -1.69. The van der Waals surface area contributed by atoms with E-state index in [-0.39, 0.29) is 0 Å². The first kappa shape index (κ1) is 17.4. The summed E-state index contributed by atoms with van der Waals surface area (Å²) in [6.07, 6.45) is 4.98. The summed E-state index contributed by atoms with van der Waals surface area (Å²) in [5, 5.41) is 1.46. The van der Waals surface area contributed by atoms with E-state index in [4.69, 9.17) is 16.3 Å². The fourth-order valence-corrected chi connectivity index (χ4v) is 5.56. The van der Waals surface area contributed by atoms with Gasteiger partial charge in [0.2, 0.25) is 5.28 Å². The minimum atomic E-state index is 0.322. The van der Waals surface area contributed by atoms with Gasteiger partial charge in [-0.25, -0.2) is 4.98 Å². The van der Waals surface area contributed by atoms with E-state index in [0.29, 0.717) is 5.28 Å². The highest BCUT2D eigenvalue weighted by molar-refractivity contribution is 7.19. The quantitative estimate of drug-likeness (QED) is 0.566. The highest BCUT2D eigenvalue weighted by Gasteiger charge is 2.23. The second-order valence-electron chi connectivity index (χ2n) is 7.32. The van der Waals surface area contributed by atoms with Crippen molar-refractivity contribution < 1.29 is 4.74 Å². The average Bonchev–Trinajstić information content (AvgIpc) is 3.03. The molecule has 0 bridgehead atoms. The summed E-state index contributed by atoms with van der Waals surface area (Å²) in [5.41, 5.74) is 5.55. The molecular weight excluding hydrogens is 378 g/mol. The zero-order chi connectivity index (χ0) is 18.4. The molecule has 4 nitrogen and oxygen atoms in total. The molecule has 2 aliphatic rings. The van der Waals surface area contributed by atoms with Gasteiger partial charge in [-0.1, -0.05) is 18.2 Å². The van der Waals surface area contributed by atoms with Gasteiger partial charge in [-0.15, -0.1) is 11.3 Å². The van der Waals surface area contributed by atoms with E-state index in [0.717, 1.165) is 42.3 Å². The molecule has 27 heavy (non-hydrogen) atoms. The highest BCUT2D eigenvalue weighted by Crippen LogP contribution is 2.43. The van der Waals surface area contributed by atoms with Crippen molar-refractivity contribution in [3.8, 4) is 11.1 Å². The van der Waals surface area contributed by atoms with Crippen LogP contribution in [0.1, 0.15) is 28.8 Å². The van der Waals surface area contributed by atoms with Crippen LogP contribution in [0.15, 0.2) is 18.2 Å². The van der Waals surface area contributed by atoms with Crippen molar-refractivity contribution in [3.05, 3.63) is 39.5 Å². The van der Waals surface area contributed by atoms with Crippen molar-refractivity contribution in [1.29, 1.82) is 0 Å². The lowest BCUT2D eigenvalue weighted by Crippen LogP contribution is -2.37. The van der Waals surface area contributed by atoms with Crippen molar-refractivity contribution in [1.82, 2.24) is 9.97 Å². The van der Waals surface area contributed by atoms with E-state index in [1.807, 2.05) is 0 Å². The van der Waals surface area contributed by atoms with Gasteiger partial charge in [0, 0.05) is 23.5 Å². The van der Waals surface area contributed by atoms with E-state index in [1.165, 1.54) is 52.8 Å². The van der Waals surface area contributed by atoms with Crippen LogP contribution in [0.5, 0.6) is 0 Å². The second kappa shape index (κ2) is 7.04. The molecule has 5 rings (SSSR count). The van der Waals surface area contributed by atoms with Crippen molar-refractivity contribution in [2.24, 2.45) is 0 Å². The number of nitrogens with zero attached hydrogens (tertiary/aromatic N) is 3. The molecule has 0 spiro atoms. The van der Waals surface area contributed by atoms with Gasteiger partial charge in [0.25, 0.3) is 0 Å². The second-order valence-corrected chi connectivity index (χ2v) is 8.86. The van der Waals surface area contributed by atoms with Gasteiger partial charge < -0.3 is 9.64 Å². The number of benzene rings is 1. The Morgan fingerprint density at radius 3 is 2.67 bits per heavy atom. The molecule has 140 valence electrons.